The first kappa shape index (κ1) is 26.9. The van der Waals surface area contributed by atoms with Gasteiger partial charge in [-0.05, 0) is 87.9 Å². The lowest BCUT2D eigenvalue weighted by Crippen LogP contribution is -2.38. The molecule has 0 atom stereocenters. The molecule has 2 amide bonds. The van der Waals surface area contributed by atoms with E-state index < -0.39 is 10.0 Å². The Morgan fingerprint density at radius 3 is 2.03 bits per heavy atom. The number of aryl methyl sites for hydroxylation is 1. The molecular formula is C27H37N3O4S. The summed E-state index contributed by atoms with van der Waals surface area (Å²) in [5, 5.41) is 0. The van der Waals surface area contributed by atoms with Gasteiger partial charge in [0, 0.05) is 44.7 Å². The molecule has 8 heteroatoms. The van der Waals surface area contributed by atoms with Gasteiger partial charge in [-0.15, -0.1) is 0 Å². The monoisotopic (exact) mass is 499 g/mol. The fraction of sp³-hybridized carbons (Fsp3) is 0.481. The molecule has 3 rings (SSSR count). The molecule has 2 aromatic rings. The van der Waals surface area contributed by atoms with Crippen LogP contribution < -0.4 is 4.72 Å². The fourth-order valence-corrected chi connectivity index (χ4v) is 6.35. The first-order valence-electron chi connectivity index (χ1n) is 12.1. The lowest BCUT2D eigenvalue weighted by molar-refractivity contribution is -0.130. The second-order valence-corrected chi connectivity index (χ2v) is 11.2. The zero-order valence-corrected chi connectivity index (χ0v) is 22.5. The Morgan fingerprint density at radius 1 is 0.829 bits per heavy atom. The van der Waals surface area contributed by atoms with E-state index in [0.717, 1.165) is 33.4 Å². The third kappa shape index (κ3) is 5.93. The molecule has 2 aromatic carbocycles. The van der Waals surface area contributed by atoms with Crippen LogP contribution in [0.5, 0.6) is 0 Å². The summed E-state index contributed by atoms with van der Waals surface area (Å²) in [6.45, 7) is 13.6. The number of nitrogens with one attached hydrogen (secondary N) is 1. The van der Waals surface area contributed by atoms with Gasteiger partial charge in [0.1, 0.15) is 0 Å². The van der Waals surface area contributed by atoms with Gasteiger partial charge in [-0.1, -0.05) is 17.7 Å². The topological polar surface area (TPSA) is 86.8 Å². The van der Waals surface area contributed by atoms with Crippen molar-refractivity contribution in [3.8, 4) is 0 Å². The average molecular weight is 500 g/mol. The highest BCUT2D eigenvalue weighted by Crippen LogP contribution is 2.29. The molecule has 0 spiro atoms. The standard InChI is InChI=1S/C27H37N3O4S/c1-18-9-7-10-24(17-18)27(32)30-14-8-13-29(15-16-30)25(31)11-12-28-35(33,34)26-22(5)20(3)19(2)21(4)23(26)6/h7,9-10,17,28H,8,11-16H2,1-6H3. The van der Waals surface area contributed by atoms with Crippen molar-refractivity contribution in [2.75, 3.05) is 32.7 Å². The average Bonchev–Trinajstić information content (AvgIpc) is 3.07. The maximum atomic E-state index is 13.1. The highest BCUT2D eigenvalue weighted by molar-refractivity contribution is 7.89. The Morgan fingerprint density at radius 2 is 1.40 bits per heavy atom. The van der Waals surface area contributed by atoms with Crippen LogP contribution in [-0.4, -0.2) is 62.8 Å². The SMILES string of the molecule is Cc1cccc(C(=O)N2CCCN(C(=O)CCNS(=O)(=O)c3c(C)c(C)c(C)c(C)c3C)CC2)c1. The molecule has 0 bridgehead atoms. The van der Waals surface area contributed by atoms with Crippen molar-refractivity contribution in [2.45, 2.75) is 59.3 Å². The van der Waals surface area contributed by atoms with Crippen LogP contribution in [0.3, 0.4) is 0 Å². The summed E-state index contributed by atoms with van der Waals surface area (Å²) in [6.07, 6.45) is 0.766. The van der Waals surface area contributed by atoms with E-state index in [2.05, 4.69) is 4.72 Å². The van der Waals surface area contributed by atoms with Gasteiger partial charge in [-0.2, -0.15) is 0 Å². The van der Waals surface area contributed by atoms with Crippen LogP contribution in [0, 0.1) is 41.5 Å². The van der Waals surface area contributed by atoms with Gasteiger partial charge in [0.2, 0.25) is 15.9 Å². The molecule has 0 radical (unpaired) electrons. The molecular weight excluding hydrogens is 462 g/mol. The number of hydrogen-bond acceptors (Lipinski definition) is 4. The van der Waals surface area contributed by atoms with Crippen LogP contribution in [-0.2, 0) is 14.8 Å². The van der Waals surface area contributed by atoms with E-state index in [4.69, 9.17) is 0 Å². The number of carbonyl (C=O) groups excluding carboxylic acids is 2. The van der Waals surface area contributed by atoms with Crippen molar-refractivity contribution in [2.24, 2.45) is 0 Å². The molecule has 1 N–H and O–H groups in total. The molecule has 0 aromatic heterocycles. The summed E-state index contributed by atoms with van der Waals surface area (Å²) in [6, 6.07) is 7.52. The van der Waals surface area contributed by atoms with Crippen LogP contribution >= 0.6 is 0 Å². The number of sulfonamides is 1. The van der Waals surface area contributed by atoms with E-state index in [9.17, 15) is 18.0 Å². The number of carbonyl (C=O) groups is 2. The van der Waals surface area contributed by atoms with Gasteiger partial charge < -0.3 is 9.80 Å². The summed E-state index contributed by atoms with van der Waals surface area (Å²) >= 11 is 0. The third-order valence-electron chi connectivity index (χ3n) is 7.23. The minimum atomic E-state index is -3.74. The smallest absolute Gasteiger partial charge is 0.253 e. The second kappa shape index (κ2) is 10.9. The maximum Gasteiger partial charge on any atom is 0.253 e. The zero-order valence-electron chi connectivity index (χ0n) is 21.7. The lowest BCUT2D eigenvalue weighted by atomic mass is 9.95. The third-order valence-corrected chi connectivity index (χ3v) is 8.97. The van der Waals surface area contributed by atoms with Gasteiger partial charge in [0.15, 0.2) is 0 Å². The minimum Gasteiger partial charge on any atom is -0.341 e. The lowest BCUT2D eigenvalue weighted by Gasteiger charge is -2.23. The number of nitrogens with zero attached hydrogens (tertiary/aromatic N) is 2. The van der Waals surface area contributed by atoms with Crippen LogP contribution in [0.25, 0.3) is 0 Å². The largest absolute Gasteiger partial charge is 0.341 e. The van der Waals surface area contributed by atoms with Crippen LogP contribution in [0.15, 0.2) is 29.2 Å². The van der Waals surface area contributed by atoms with Crippen molar-refractivity contribution in [3.05, 3.63) is 63.2 Å². The molecule has 35 heavy (non-hydrogen) atoms. The number of benzene rings is 2. The summed E-state index contributed by atoms with van der Waals surface area (Å²) in [4.78, 5) is 29.5. The summed E-state index contributed by atoms with van der Waals surface area (Å²) < 4.78 is 28.8. The van der Waals surface area contributed by atoms with Crippen LogP contribution in [0.4, 0.5) is 0 Å². The van der Waals surface area contributed by atoms with E-state index >= 15 is 0 Å². The molecule has 1 aliphatic heterocycles. The van der Waals surface area contributed by atoms with Crippen molar-refractivity contribution >= 4 is 21.8 Å². The first-order valence-corrected chi connectivity index (χ1v) is 13.6. The Bertz CT molecular complexity index is 1210. The minimum absolute atomic E-state index is 0.0230. The fourth-order valence-electron chi connectivity index (χ4n) is 4.72. The van der Waals surface area contributed by atoms with Crippen molar-refractivity contribution < 1.29 is 18.0 Å². The van der Waals surface area contributed by atoms with Crippen molar-refractivity contribution in [1.82, 2.24) is 14.5 Å². The summed E-state index contributed by atoms with van der Waals surface area (Å²) in [5.41, 5.74) is 6.23. The Balaban J connectivity index is 1.59. The summed E-state index contributed by atoms with van der Waals surface area (Å²) in [5.74, 6) is -0.132. The van der Waals surface area contributed by atoms with Crippen molar-refractivity contribution in [1.29, 1.82) is 0 Å². The van der Waals surface area contributed by atoms with E-state index in [1.165, 1.54) is 0 Å². The molecule has 1 heterocycles. The van der Waals surface area contributed by atoms with Crippen LogP contribution in [0.2, 0.25) is 0 Å². The van der Waals surface area contributed by atoms with Gasteiger partial charge in [0.25, 0.3) is 5.91 Å². The van der Waals surface area contributed by atoms with Crippen LogP contribution in [0.1, 0.15) is 56.6 Å². The molecule has 1 saturated heterocycles. The molecule has 1 fully saturated rings. The molecule has 0 unspecified atom stereocenters. The van der Waals surface area contributed by atoms with Gasteiger partial charge in [-0.3, -0.25) is 9.59 Å². The zero-order chi connectivity index (χ0) is 25.9. The predicted octanol–water partition coefficient (Wildman–Crippen LogP) is 3.58. The van der Waals surface area contributed by atoms with E-state index in [1.54, 1.807) is 9.80 Å². The number of hydrogen-bond donors (Lipinski definition) is 1. The summed E-state index contributed by atoms with van der Waals surface area (Å²) in [7, 11) is -3.74. The van der Waals surface area contributed by atoms with E-state index in [0.29, 0.717) is 43.1 Å². The molecule has 0 saturated carbocycles. The Kier molecular flexibility index (Phi) is 8.38. The highest BCUT2D eigenvalue weighted by Gasteiger charge is 2.25. The highest BCUT2D eigenvalue weighted by atomic mass is 32.2. The van der Waals surface area contributed by atoms with Gasteiger partial charge in [0.05, 0.1) is 4.90 Å². The van der Waals surface area contributed by atoms with E-state index in [1.807, 2.05) is 65.8 Å². The quantitative estimate of drug-likeness (QED) is 0.658. The predicted molar refractivity (Wildman–Crippen MR) is 138 cm³/mol. The molecule has 1 aliphatic rings. The first-order chi connectivity index (χ1) is 16.4. The number of amides is 2. The Hall–Kier alpha value is -2.71. The number of rotatable bonds is 6. The Labute approximate surface area is 209 Å². The second-order valence-electron chi connectivity index (χ2n) is 9.50. The molecule has 7 nitrogen and oxygen atoms in total. The van der Waals surface area contributed by atoms with Gasteiger partial charge in [-0.25, -0.2) is 13.1 Å². The normalized spacial score (nSPS) is 14.7. The molecule has 0 aliphatic carbocycles. The van der Waals surface area contributed by atoms with E-state index in [-0.39, 0.29) is 24.8 Å². The molecule has 190 valence electrons. The maximum absolute atomic E-state index is 13.1. The van der Waals surface area contributed by atoms with Crippen molar-refractivity contribution in [3.63, 3.8) is 0 Å². The van der Waals surface area contributed by atoms with Gasteiger partial charge >= 0.3 is 0 Å².